The van der Waals surface area contributed by atoms with Crippen LogP contribution in [0.15, 0.2) is 60.7 Å². The van der Waals surface area contributed by atoms with Crippen molar-refractivity contribution in [2.45, 2.75) is 37.8 Å². The van der Waals surface area contributed by atoms with E-state index < -0.39 is 0 Å². The van der Waals surface area contributed by atoms with Crippen LogP contribution in [0.2, 0.25) is 5.02 Å². The molecule has 0 radical (unpaired) electrons. The summed E-state index contributed by atoms with van der Waals surface area (Å²) in [5.74, 6) is 0.866. The monoisotopic (exact) mass is 415 g/mol. The quantitative estimate of drug-likeness (QED) is 0.594. The average Bonchev–Trinajstić information content (AvgIpc) is 2.69. The summed E-state index contributed by atoms with van der Waals surface area (Å²) >= 11 is 5.97. The second-order valence-electron chi connectivity index (χ2n) is 7.07. The molecule has 1 aromatic heterocycles. The van der Waals surface area contributed by atoms with E-state index in [9.17, 15) is 4.79 Å². The van der Waals surface area contributed by atoms with Crippen molar-refractivity contribution in [3.63, 3.8) is 0 Å². The molecule has 1 fully saturated rings. The topological polar surface area (TPSA) is 54.0 Å². The van der Waals surface area contributed by atoms with Crippen LogP contribution in [0.3, 0.4) is 0 Å². The van der Waals surface area contributed by atoms with Gasteiger partial charge in [-0.05, 0) is 62.1 Å². The molecule has 2 aromatic carbocycles. The first-order chi connectivity index (χ1) is 13.2. The summed E-state index contributed by atoms with van der Waals surface area (Å²) in [4.78, 5) is 17.1. The Balaban J connectivity index is 0.00000225. The molecule has 0 aliphatic heterocycles. The second kappa shape index (κ2) is 9.26. The Morgan fingerprint density at radius 1 is 0.929 bits per heavy atom. The number of para-hydroxylation sites is 1. The Morgan fingerprint density at radius 3 is 2.46 bits per heavy atom. The Labute approximate surface area is 176 Å². The number of halogens is 2. The first-order valence-corrected chi connectivity index (χ1v) is 9.74. The Hall–Kier alpha value is -2.30. The molecule has 0 unspecified atom stereocenters. The number of anilines is 1. The lowest BCUT2D eigenvalue weighted by Gasteiger charge is -2.30. The molecule has 1 saturated carbocycles. The van der Waals surface area contributed by atoms with Crippen molar-refractivity contribution < 1.29 is 4.79 Å². The lowest BCUT2D eigenvalue weighted by Crippen LogP contribution is -2.40. The van der Waals surface area contributed by atoms with Crippen LogP contribution in [0.4, 0.5) is 5.82 Å². The fourth-order valence-corrected chi connectivity index (χ4v) is 3.83. The van der Waals surface area contributed by atoms with E-state index in [1.54, 1.807) is 24.3 Å². The van der Waals surface area contributed by atoms with Crippen LogP contribution in [0.1, 0.15) is 36.0 Å². The highest BCUT2D eigenvalue weighted by molar-refractivity contribution is 6.30. The van der Waals surface area contributed by atoms with Crippen LogP contribution in [-0.2, 0) is 0 Å². The number of hydrogen-bond acceptors (Lipinski definition) is 3. The van der Waals surface area contributed by atoms with E-state index in [1.807, 2.05) is 24.3 Å². The number of nitrogens with one attached hydrogen (secondary N) is 2. The lowest BCUT2D eigenvalue weighted by atomic mass is 9.91. The van der Waals surface area contributed by atoms with Gasteiger partial charge < -0.3 is 10.6 Å². The number of aromatic nitrogens is 1. The molecule has 146 valence electrons. The fraction of sp³-hybridized carbons (Fsp3) is 0.273. The zero-order valence-corrected chi connectivity index (χ0v) is 17.0. The number of benzene rings is 2. The van der Waals surface area contributed by atoms with Crippen LogP contribution >= 0.6 is 24.0 Å². The first-order valence-electron chi connectivity index (χ1n) is 9.36. The standard InChI is InChI=1S/C22H22ClN3O.ClH/c23-17-6-3-5-16(14-17)22(27)25-19-11-9-18(10-12-19)24-21-13-8-15-4-1-2-7-20(15)26-21;/h1-8,13-14,18-19H,9-12H2,(H,24,26)(H,25,27);1H/t18-,19+;. The molecule has 1 amide bonds. The molecule has 4 nitrogen and oxygen atoms in total. The number of nitrogens with zero attached hydrogens (tertiary/aromatic N) is 1. The van der Waals surface area contributed by atoms with Crippen molar-refractivity contribution in [3.8, 4) is 0 Å². The van der Waals surface area contributed by atoms with Crippen LogP contribution in [0.25, 0.3) is 10.9 Å². The molecule has 28 heavy (non-hydrogen) atoms. The minimum Gasteiger partial charge on any atom is -0.367 e. The van der Waals surface area contributed by atoms with E-state index >= 15 is 0 Å². The van der Waals surface area contributed by atoms with Crippen molar-refractivity contribution in [1.29, 1.82) is 0 Å². The Kier molecular flexibility index (Phi) is 6.76. The molecular formula is C22H23Cl2N3O. The number of amides is 1. The summed E-state index contributed by atoms with van der Waals surface area (Å²) in [5, 5.41) is 8.41. The van der Waals surface area contributed by atoms with Crippen molar-refractivity contribution in [1.82, 2.24) is 10.3 Å². The van der Waals surface area contributed by atoms with Gasteiger partial charge in [0.1, 0.15) is 5.82 Å². The van der Waals surface area contributed by atoms with Crippen LogP contribution < -0.4 is 10.6 Å². The molecule has 1 aliphatic carbocycles. The normalized spacial score (nSPS) is 18.9. The third kappa shape index (κ3) is 4.94. The van der Waals surface area contributed by atoms with Gasteiger partial charge in [0.2, 0.25) is 0 Å². The Bertz CT molecular complexity index is 955. The maximum absolute atomic E-state index is 12.4. The van der Waals surface area contributed by atoms with Gasteiger partial charge in [-0.2, -0.15) is 0 Å². The van der Waals surface area contributed by atoms with Gasteiger partial charge in [-0.25, -0.2) is 4.98 Å². The van der Waals surface area contributed by atoms with E-state index in [-0.39, 0.29) is 24.4 Å². The third-order valence-electron chi connectivity index (χ3n) is 5.10. The summed E-state index contributed by atoms with van der Waals surface area (Å²) < 4.78 is 0. The highest BCUT2D eigenvalue weighted by atomic mass is 35.5. The van der Waals surface area contributed by atoms with Crippen molar-refractivity contribution in [2.24, 2.45) is 0 Å². The highest BCUT2D eigenvalue weighted by Gasteiger charge is 2.23. The van der Waals surface area contributed by atoms with Crippen molar-refractivity contribution in [3.05, 3.63) is 71.2 Å². The average molecular weight is 416 g/mol. The van der Waals surface area contributed by atoms with Gasteiger partial charge in [-0.1, -0.05) is 35.9 Å². The number of carbonyl (C=O) groups is 1. The summed E-state index contributed by atoms with van der Waals surface area (Å²) in [6.45, 7) is 0. The molecule has 6 heteroatoms. The van der Waals surface area contributed by atoms with Gasteiger partial charge in [-0.3, -0.25) is 4.79 Å². The summed E-state index contributed by atoms with van der Waals surface area (Å²) in [6, 6.07) is 19.9. The van der Waals surface area contributed by atoms with E-state index in [0.717, 1.165) is 42.4 Å². The van der Waals surface area contributed by atoms with Gasteiger partial charge in [0.25, 0.3) is 5.91 Å². The van der Waals surface area contributed by atoms with Gasteiger partial charge in [-0.15, -0.1) is 12.4 Å². The van der Waals surface area contributed by atoms with Crippen LogP contribution in [0, 0.1) is 0 Å². The summed E-state index contributed by atoms with van der Waals surface area (Å²) in [5.41, 5.74) is 1.62. The second-order valence-corrected chi connectivity index (χ2v) is 7.50. The number of fused-ring (bicyclic) bond motifs is 1. The predicted octanol–water partition coefficient (Wildman–Crippen LogP) is 5.46. The zero-order valence-electron chi connectivity index (χ0n) is 15.4. The first kappa shape index (κ1) is 20.4. The largest absolute Gasteiger partial charge is 0.367 e. The molecule has 0 bridgehead atoms. The fourth-order valence-electron chi connectivity index (χ4n) is 3.64. The number of rotatable bonds is 4. The maximum Gasteiger partial charge on any atom is 0.251 e. The number of hydrogen-bond donors (Lipinski definition) is 2. The smallest absolute Gasteiger partial charge is 0.251 e. The van der Waals surface area contributed by atoms with Gasteiger partial charge in [0.05, 0.1) is 5.52 Å². The molecule has 4 rings (SSSR count). The maximum atomic E-state index is 12.4. The minimum atomic E-state index is -0.0508. The molecule has 0 spiro atoms. The number of carbonyl (C=O) groups excluding carboxylic acids is 1. The van der Waals surface area contributed by atoms with Gasteiger partial charge >= 0.3 is 0 Å². The lowest BCUT2D eigenvalue weighted by molar-refractivity contribution is 0.0926. The predicted molar refractivity (Wildman–Crippen MR) is 118 cm³/mol. The molecule has 1 aliphatic rings. The number of pyridine rings is 1. The summed E-state index contributed by atoms with van der Waals surface area (Å²) in [7, 11) is 0. The SMILES string of the molecule is Cl.O=C(N[C@H]1CC[C@@H](Nc2ccc3ccccc3n2)CC1)c1cccc(Cl)c1. The molecule has 3 aromatic rings. The Morgan fingerprint density at radius 2 is 1.68 bits per heavy atom. The van der Waals surface area contributed by atoms with E-state index in [1.165, 1.54) is 0 Å². The molecule has 2 N–H and O–H groups in total. The highest BCUT2D eigenvalue weighted by Crippen LogP contribution is 2.23. The van der Waals surface area contributed by atoms with Gasteiger partial charge in [0.15, 0.2) is 0 Å². The summed E-state index contributed by atoms with van der Waals surface area (Å²) in [6.07, 6.45) is 3.93. The van der Waals surface area contributed by atoms with Crippen molar-refractivity contribution in [2.75, 3.05) is 5.32 Å². The van der Waals surface area contributed by atoms with E-state index in [0.29, 0.717) is 16.6 Å². The molecule has 1 heterocycles. The van der Waals surface area contributed by atoms with E-state index in [2.05, 4.69) is 22.8 Å². The molecule has 0 atom stereocenters. The minimum absolute atomic E-state index is 0. The van der Waals surface area contributed by atoms with Crippen LogP contribution in [-0.4, -0.2) is 23.0 Å². The van der Waals surface area contributed by atoms with Gasteiger partial charge in [0, 0.05) is 28.1 Å². The molecular weight excluding hydrogens is 393 g/mol. The van der Waals surface area contributed by atoms with Crippen molar-refractivity contribution >= 4 is 46.6 Å². The third-order valence-corrected chi connectivity index (χ3v) is 5.33. The molecule has 0 saturated heterocycles. The van der Waals surface area contributed by atoms with E-state index in [4.69, 9.17) is 16.6 Å². The van der Waals surface area contributed by atoms with Crippen LogP contribution in [0.5, 0.6) is 0 Å². The zero-order chi connectivity index (χ0) is 18.6.